The number of ether oxygens (including phenoxy) is 1. The molecule has 3 N–H and O–H groups in total. The van der Waals surface area contributed by atoms with Crippen molar-refractivity contribution in [3.8, 4) is 5.75 Å². The first-order valence-corrected chi connectivity index (χ1v) is 11.2. The van der Waals surface area contributed by atoms with Gasteiger partial charge in [0.15, 0.2) is 0 Å². The minimum Gasteiger partial charge on any atom is -0.494 e. The van der Waals surface area contributed by atoms with Crippen LogP contribution in [0.15, 0.2) is 65.1 Å². The Morgan fingerprint density at radius 2 is 1.62 bits per heavy atom. The van der Waals surface area contributed by atoms with Gasteiger partial charge in [-0.3, -0.25) is 9.59 Å². The summed E-state index contributed by atoms with van der Waals surface area (Å²) in [5.41, 5.74) is 1.19. The van der Waals surface area contributed by atoms with E-state index in [0.29, 0.717) is 18.0 Å². The van der Waals surface area contributed by atoms with E-state index in [1.165, 1.54) is 18.7 Å². The molecule has 0 heterocycles. The van der Waals surface area contributed by atoms with Crippen molar-refractivity contribution in [1.29, 1.82) is 0 Å². The summed E-state index contributed by atoms with van der Waals surface area (Å²) < 4.78 is 5.62. The molecule has 1 atom stereocenters. The average Bonchev–Trinajstić information content (AvgIpc) is 2.76. The van der Waals surface area contributed by atoms with Gasteiger partial charge in [-0.15, -0.1) is 11.8 Å². The number of rotatable bonds is 11. The van der Waals surface area contributed by atoms with E-state index in [4.69, 9.17) is 9.84 Å². The van der Waals surface area contributed by atoms with Crippen molar-refractivity contribution in [2.45, 2.75) is 43.8 Å². The Bertz CT molecular complexity index is 955. The zero-order chi connectivity index (χ0) is 23.5. The summed E-state index contributed by atoms with van der Waals surface area (Å²) in [6.45, 7) is 5.95. The lowest BCUT2D eigenvalue weighted by molar-refractivity contribution is -0.132. The highest BCUT2D eigenvalue weighted by atomic mass is 32.2. The van der Waals surface area contributed by atoms with Crippen molar-refractivity contribution in [1.82, 2.24) is 0 Å². The normalized spacial score (nSPS) is 12.0. The van der Waals surface area contributed by atoms with Gasteiger partial charge in [-0.2, -0.15) is 0 Å². The highest BCUT2D eigenvalue weighted by Gasteiger charge is 2.15. The molecule has 2 rings (SSSR count). The van der Waals surface area contributed by atoms with Gasteiger partial charge < -0.3 is 20.5 Å². The minimum absolute atomic E-state index is 0.0480. The van der Waals surface area contributed by atoms with Crippen LogP contribution in [0.1, 0.15) is 33.6 Å². The van der Waals surface area contributed by atoms with Crippen LogP contribution < -0.4 is 15.4 Å². The third-order valence-corrected chi connectivity index (χ3v) is 5.49. The number of thioether (sulfide) groups is 1. The zero-order valence-corrected chi connectivity index (χ0v) is 19.2. The predicted octanol–water partition coefficient (Wildman–Crippen LogP) is 4.95. The van der Waals surface area contributed by atoms with E-state index in [1.807, 2.05) is 31.2 Å². The molecule has 170 valence electrons. The van der Waals surface area contributed by atoms with E-state index in [-0.39, 0.29) is 16.7 Å². The summed E-state index contributed by atoms with van der Waals surface area (Å²) in [6, 6.07) is 14.3. The standard InChI is InChI=1S/C24H28N2O5S/c1-4-5-14-31-20-10-6-19(7-11-20)26-23(28)17(3)32-21-12-8-18(9-13-21)25-22(27)15-16(2)24(29)30/h6-13,15,17H,4-5,14H2,1-3H3,(H,25,27)(H,26,28)(H,29,30)/b16-15-. The van der Waals surface area contributed by atoms with Crippen LogP contribution in [0.4, 0.5) is 11.4 Å². The third-order valence-electron chi connectivity index (χ3n) is 4.38. The molecule has 8 heteroatoms. The molecule has 0 aliphatic carbocycles. The quantitative estimate of drug-likeness (QED) is 0.251. The maximum Gasteiger partial charge on any atom is 0.331 e. The van der Waals surface area contributed by atoms with Crippen molar-refractivity contribution in [3.63, 3.8) is 0 Å². The largest absolute Gasteiger partial charge is 0.494 e. The number of unbranched alkanes of at least 4 members (excludes halogenated alkanes) is 1. The molecule has 0 aliphatic rings. The van der Waals surface area contributed by atoms with Crippen molar-refractivity contribution in [3.05, 3.63) is 60.2 Å². The molecule has 0 saturated heterocycles. The van der Waals surface area contributed by atoms with Crippen LogP contribution in [0, 0.1) is 0 Å². The fraction of sp³-hybridized carbons (Fsp3) is 0.292. The summed E-state index contributed by atoms with van der Waals surface area (Å²) in [7, 11) is 0. The molecule has 0 fully saturated rings. The molecule has 0 saturated carbocycles. The van der Waals surface area contributed by atoms with Crippen LogP contribution in [0.3, 0.4) is 0 Å². The molecule has 0 aromatic heterocycles. The minimum atomic E-state index is -1.14. The first-order chi connectivity index (χ1) is 15.3. The van der Waals surface area contributed by atoms with Gasteiger partial charge in [0.2, 0.25) is 11.8 Å². The molecule has 0 aliphatic heterocycles. The van der Waals surface area contributed by atoms with Crippen LogP contribution in [-0.2, 0) is 14.4 Å². The van der Waals surface area contributed by atoms with Gasteiger partial charge in [-0.05, 0) is 68.8 Å². The Kier molecular flexibility index (Phi) is 9.81. The molecule has 2 amide bonds. The van der Waals surface area contributed by atoms with Crippen LogP contribution in [0.5, 0.6) is 5.75 Å². The summed E-state index contributed by atoms with van der Waals surface area (Å²) in [4.78, 5) is 36.0. The smallest absolute Gasteiger partial charge is 0.331 e. The summed E-state index contributed by atoms with van der Waals surface area (Å²) >= 11 is 1.39. The lowest BCUT2D eigenvalue weighted by Gasteiger charge is -2.13. The molecule has 2 aromatic carbocycles. The summed E-state index contributed by atoms with van der Waals surface area (Å²) in [5, 5.41) is 14.0. The zero-order valence-electron chi connectivity index (χ0n) is 18.4. The molecule has 32 heavy (non-hydrogen) atoms. The van der Waals surface area contributed by atoms with Crippen molar-refractivity contribution >= 4 is 40.9 Å². The Morgan fingerprint density at radius 3 is 2.22 bits per heavy atom. The van der Waals surface area contributed by atoms with Crippen molar-refractivity contribution in [2.75, 3.05) is 17.2 Å². The van der Waals surface area contributed by atoms with Gasteiger partial charge in [0.25, 0.3) is 0 Å². The highest BCUT2D eigenvalue weighted by molar-refractivity contribution is 8.00. The summed E-state index contributed by atoms with van der Waals surface area (Å²) in [5.74, 6) is -1.00. The number of carbonyl (C=O) groups excluding carboxylic acids is 2. The molecule has 2 aromatic rings. The monoisotopic (exact) mass is 456 g/mol. The third kappa shape index (κ3) is 8.47. The Morgan fingerprint density at radius 1 is 1.03 bits per heavy atom. The number of carbonyl (C=O) groups is 3. The van der Waals surface area contributed by atoms with E-state index in [2.05, 4.69) is 17.6 Å². The van der Waals surface area contributed by atoms with Gasteiger partial charge in [-0.1, -0.05) is 13.3 Å². The number of carboxylic acids is 1. The predicted molar refractivity (Wildman–Crippen MR) is 127 cm³/mol. The average molecular weight is 457 g/mol. The van der Waals surface area contributed by atoms with Crippen molar-refractivity contribution < 1.29 is 24.2 Å². The highest BCUT2D eigenvalue weighted by Crippen LogP contribution is 2.26. The number of hydrogen-bond donors (Lipinski definition) is 3. The molecule has 7 nitrogen and oxygen atoms in total. The molecule has 0 radical (unpaired) electrons. The maximum absolute atomic E-state index is 12.5. The van der Waals surface area contributed by atoms with Crippen LogP contribution >= 0.6 is 11.8 Å². The molecular weight excluding hydrogens is 428 g/mol. The van der Waals surface area contributed by atoms with E-state index in [1.54, 1.807) is 24.3 Å². The Balaban J connectivity index is 1.85. The molecule has 1 unspecified atom stereocenters. The van der Waals surface area contributed by atoms with Crippen LogP contribution in [-0.4, -0.2) is 34.7 Å². The Hall–Kier alpha value is -3.26. The fourth-order valence-electron chi connectivity index (χ4n) is 2.52. The van der Waals surface area contributed by atoms with Gasteiger partial charge >= 0.3 is 5.97 Å². The van der Waals surface area contributed by atoms with E-state index in [0.717, 1.165) is 29.6 Å². The Labute approximate surface area is 192 Å². The molecular formula is C24H28N2O5S. The summed E-state index contributed by atoms with van der Waals surface area (Å²) in [6.07, 6.45) is 3.11. The van der Waals surface area contributed by atoms with Gasteiger partial charge in [-0.25, -0.2) is 4.79 Å². The van der Waals surface area contributed by atoms with E-state index < -0.39 is 11.9 Å². The fourth-order valence-corrected chi connectivity index (χ4v) is 3.39. The van der Waals surface area contributed by atoms with Gasteiger partial charge in [0.1, 0.15) is 5.75 Å². The van der Waals surface area contributed by atoms with Gasteiger partial charge in [0.05, 0.1) is 11.9 Å². The number of carboxylic acid groups (broad SMARTS) is 1. The SMILES string of the molecule is CCCCOc1ccc(NC(=O)C(C)Sc2ccc(NC(=O)/C=C(/C)C(=O)O)cc2)cc1. The number of hydrogen-bond acceptors (Lipinski definition) is 5. The first kappa shape index (κ1) is 25.0. The van der Waals surface area contributed by atoms with Crippen molar-refractivity contribution in [2.24, 2.45) is 0 Å². The second-order valence-electron chi connectivity index (χ2n) is 7.12. The lowest BCUT2D eigenvalue weighted by Crippen LogP contribution is -2.22. The number of anilines is 2. The second-order valence-corrected chi connectivity index (χ2v) is 8.54. The van der Waals surface area contributed by atoms with Crippen LogP contribution in [0.2, 0.25) is 0 Å². The number of amides is 2. The number of nitrogens with one attached hydrogen (secondary N) is 2. The van der Waals surface area contributed by atoms with Gasteiger partial charge in [0, 0.05) is 27.9 Å². The first-order valence-electron chi connectivity index (χ1n) is 10.3. The lowest BCUT2D eigenvalue weighted by atomic mass is 10.2. The van der Waals surface area contributed by atoms with E-state index in [9.17, 15) is 14.4 Å². The molecule has 0 spiro atoms. The topological polar surface area (TPSA) is 105 Å². The van der Waals surface area contributed by atoms with Crippen LogP contribution in [0.25, 0.3) is 0 Å². The maximum atomic E-state index is 12.5. The number of aliphatic carboxylic acids is 1. The second kappa shape index (κ2) is 12.6. The molecule has 0 bridgehead atoms. The number of benzene rings is 2. The van der Waals surface area contributed by atoms with E-state index >= 15 is 0 Å².